The molecule has 9 heteroatoms. The van der Waals surface area contributed by atoms with Crippen LogP contribution in [-0.4, -0.2) is 32.1 Å². The molecule has 1 unspecified atom stereocenters. The topological polar surface area (TPSA) is 125 Å². The number of nitrogens with two attached hydrogens (primary N) is 1. The van der Waals surface area contributed by atoms with Gasteiger partial charge in [-0.2, -0.15) is 4.98 Å². The number of ether oxygens (including phenoxy) is 1. The molecule has 3 N–H and O–H groups in total. The fourth-order valence-electron chi connectivity index (χ4n) is 4.39. The summed E-state index contributed by atoms with van der Waals surface area (Å²) in [6, 6.07) is 14.7. The first-order chi connectivity index (χ1) is 18.2. The van der Waals surface area contributed by atoms with E-state index >= 15 is 0 Å². The fourth-order valence-corrected chi connectivity index (χ4v) is 4.39. The zero-order valence-corrected chi connectivity index (χ0v) is 22.3. The lowest BCUT2D eigenvalue weighted by atomic mass is 10.1. The summed E-state index contributed by atoms with van der Waals surface area (Å²) in [5.41, 5.74) is 9.66. The van der Waals surface area contributed by atoms with Crippen molar-refractivity contribution in [3.8, 4) is 5.69 Å². The first-order valence-corrected chi connectivity index (χ1v) is 12.6. The number of benzene rings is 2. The lowest BCUT2D eigenvalue weighted by molar-refractivity contribution is -0.138. The first-order valence-electron chi connectivity index (χ1n) is 12.6. The average Bonchev–Trinajstić information content (AvgIpc) is 2.89. The number of nitrogens with zero attached hydrogens (tertiary/aromatic N) is 4. The minimum Gasteiger partial charge on any atom is -0.463 e. The Bertz CT molecular complexity index is 1580. The number of carbonyl (C=O) groups is 1. The lowest BCUT2D eigenvalue weighted by Gasteiger charge is -2.23. The van der Waals surface area contributed by atoms with Crippen molar-refractivity contribution in [1.82, 2.24) is 19.5 Å². The highest BCUT2D eigenvalue weighted by molar-refractivity contribution is 5.94. The van der Waals surface area contributed by atoms with Crippen LogP contribution >= 0.6 is 0 Å². The van der Waals surface area contributed by atoms with E-state index in [-0.39, 0.29) is 18.1 Å². The maximum Gasteiger partial charge on any atom is 0.333 e. The van der Waals surface area contributed by atoms with Gasteiger partial charge in [-0.25, -0.2) is 14.8 Å². The van der Waals surface area contributed by atoms with Crippen LogP contribution in [0.3, 0.4) is 0 Å². The highest BCUT2D eigenvalue weighted by atomic mass is 16.5. The second-order valence-corrected chi connectivity index (χ2v) is 9.00. The van der Waals surface area contributed by atoms with E-state index in [1.165, 1.54) is 0 Å². The molecule has 0 aliphatic carbocycles. The van der Waals surface area contributed by atoms with Crippen LogP contribution in [0.2, 0.25) is 0 Å². The summed E-state index contributed by atoms with van der Waals surface area (Å²) < 4.78 is 6.78. The summed E-state index contributed by atoms with van der Waals surface area (Å²) in [6.07, 6.45) is 2.27. The molecule has 0 fully saturated rings. The number of nitrogen functional groups attached to an aromatic ring is 1. The van der Waals surface area contributed by atoms with Gasteiger partial charge in [0.1, 0.15) is 11.6 Å². The highest BCUT2D eigenvalue weighted by Gasteiger charge is 2.23. The van der Waals surface area contributed by atoms with Crippen LogP contribution < -0.4 is 16.6 Å². The predicted molar refractivity (Wildman–Crippen MR) is 150 cm³/mol. The Balaban J connectivity index is 1.91. The lowest BCUT2D eigenvalue weighted by Crippen LogP contribution is -2.29. The van der Waals surface area contributed by atoms with Gasteiger partial charge in [-0.3, -0.25) is 9.36 Å². The van der Waals surface area contributed by atoms with E-state index in [1.807, 2.05) is 62.4 Å². The molecule has 4 rings (SSSR count). The quantitative estimate of drug-likeness (QED) is 0.252. The molecule has 196 valence electrons. The second-order valence-electron chi connectivity index (χ2n) is 9.00. The van der Waals surface area contributed by atoms with Gasteiger partial charge in [-0.15, -0.1) is 0 Å². The zero-order chi connectivity index (χ0) is 27.4. The number of carbonyl (C=O) groups excluding carboxylic acids is 1. The Labute approximate surface area is 221 Å². The Morgan fingerprint density at radius 2 is 1.82 bits per heavy atom. The third-order valence-corrected chi connectivity index (χ3v) is 6.29. The van der Waals surface area contributed by atoms with Gasteiger partial charge in [0.2, 0.25) is 5.95 Å². The van der Waals surface area contributed by atoms with E-state index in [0.29, 0.717) is 51.5 Å². The summed E-state index contributed by atoms with van der Waals surface area (Å²) in [4.78, 5) is 39.9. The van der Waals surface area contributed by atoms with Crippen molar-refractivity contribution in [1.29, 1.82) is 0 Å². The number of rotatable bonds is 8. The van der Waals surface area contributed by atoms with Crippen molar-refractivity contribution in [3.63, 3.8) is 0 Å². The molecular weight excluding hydrogens is 480 g/mol. The number of aromatic nitrogens is 4. The standard InChI is InChI=1S/C29H32N6O3/c1-6-22(32-25-21(19(5)31-29(30)34-25)16-18(4)28(37)38-7-2)26-33-23-15-11-12-17(3)24(23)27(36)35(26)20-13-9-8-10-14-20/h8-16,22H,6-7H2,1-5H3,(H3,30,31,32,34). The van der Waals surface area contributed by atoms with Gasteiger partial charge in [0.25, 0.3) is 5.56 Å². The molecule has 0 saturated carbocycles. The van der Waals surface area contributed by atoms with Gasteiger partial charge in [-0.05, 0) is 64.0 Å². The van der Waals surface area contributed by atoms with Crippen LogP contribution in [0.15, 0.2) is 58.9 Å². The van der Waals surface area contributed by atoms with Crippen molar-refractivity contribution in [3.05, 3.63) is 87.1 Å². The number of hydrogen-bond acceptors (Lipinski definition) is 8. The normalized spacial score (nSPS) is 12.4. The Hall–Kier alpha value is -4.53. The molecular formula is C29H32N6O3. The van der Waals surface area contributed by atoms with Crippen molar-refractivity contribution in [2.24, 2.45) is 0 Å². The molecule has 0 aliphatic heterocycles. The number of para-hydroxylation sites is 1. The van der Waals surface area contributed by atoms with Crippen LogP contribution in [-0.2, 0) is 9.53 Å². The smallest absolute Gasteiger partial charge is 0.333 e. The van der Waals surface area contributed by atoms with E-state index in [2.05, 4.69) is 15.3 Å². The molecule has 2 aromatic carbocycles. The summed E-state index contributed by atoms with van der Waals surface area (Å²) in [6.45, 7) is 9.41. The van der Waals surface area contributed by atoms with Crippen molar-refractivity contribution in [2.75, 3.05) is 17.7 Å². The zero-order valence-electron chi connectivity index (χ0n) is 22.3. The molecule has 38 heavy (non-hydrogen) atoms. The Kier molecular flexibility index (Phi) is 7.85. The predicted octanol–water partition coefficient (Wildman–Crippen LogP) is 4.90. The van der Waals surface area contributed by atoms with Gasteiger partial charge < -0.3 is 15.8 Å². The van der Waals surface area contributed by atoms with Crippen LogP contribution in [0.5, 0.6) is 0 Å². The third kappa shape index (κ3) is 5.27. The number of aryl methyl sites for hydroxylation is 2. The average molecular weight is 513 g/mol. The number of anilines is 2. The summed E-state index contributed by atoms with van der Waals surface area (Å²) in [5.74, 6) is 0.636. The number of nitrogens with one attached hydrogen (secondary N) is 1. The number of fused-ring (bicyclic) bond motifs is 1. The molecule has 0 spiro atoms. The monoisotopic (exact) mass is 512 g/mol. The fraction of sp³-hybridized carbons (Fsp3) is 0.276. The van der Waals surface area contributed by atoms with Crippen molar-refractivity contribution < 1.29 is 9.53 Å². The molecule has 0 aliphatic rings. The van der Waals surface area contributed by atoms with E-state index < -0.39 is 12.0 Å². The van der Waals surface area contributed by atoms with E-state index in [9.17, 15) is 9.59 Å². The minimum atomic E-state index is -0.425. The van der Waals surface area contributed by atoms with Crippen molar-refractivity contribution >= 4 is 34.7 Å². The van der Waals surface area contributed by atoms with Crippen LogP contribution in [0.25, 0.3) is 22.7 Å². The SMILES string of the molecule is CCOC(=O)C(C)=Cc1c(C)nc(N)nc1NC(CC)c1nc2cccc(C)c2c(=O)n1-c1ccccc1. The summed E-state index contributed by atoms with van der Waals surface area (Å²) in [5, 5.41) is 4.01. The molecule has 2 aromatic heterocycles. The van der Waals surface area contributed by atoms with Crippen LogP contribution in [0.1, 0.15) is 55.9 Å². The molecule has 4 aromatic rings. The maximum atomic E-state index is 13.9. The van der Waals surface area contributed by atoms with Gasteiger partial charge >= 0.3 is 5.97 Å². The summed E-state index contributed by atoms with van der Waals surface area (Å²) in [7, 11) is 0. The molecule has 0 amide bonds. The second kappa shape index (κ2) is 11.2. The molecule has 0 saturated heterocycles. The highest BCUT2D eigenvalue weighted by Crippen LogP contribution is 2.28. The van der Waals surface area contributed by atoms with Crippen LogP contribution in [0, 0.1) is 13.8 Å². The largest absolute Gasteiger partial charge is 0.463 e. The molecule has 2 heterocycles. The van der Waals surface area contributed by atoms with Gasteiger partial charge in [-0.1, -0.05) is 37.3 Å². The van der Waals surface area contributed by atoms with Gasteiger partial charge in [0.15, 0.2) is 0 Å². The number of hydrogen-bond donors (Lipinski definition) is 2. The van der Waals surface area contributed by atoms with Gasteiger partial charge in [0.05, 0.1) is 34.9 Å². The molecule has 0 radical (unpaired) electrons. The Morgan fingerprint density at radius 1 is 1.08 bits per heavy atom. The summed E-state index contributed by atoms with van der Waals surface area (Å²) >= 11 is 0. The van der Waals surface area contributed by atoms with E-state index in [4.69, 9.17) is 15.5 Å². The minimum absolute atomic E-state index is 0.0911. The van der Waals surface area contributed by atoms with Crippen molar-refractivity contribution in [2.45, 2.75) is 47.1 Å². The third-order valence-electron chi connectivity index (χ3n) is 6.29. The van der Waals surface area contributed by atoms with Crippen LogP contribution in [0.4, 0.5) is 11.8 Å². The molecule has 9 nitrogen and oxygen atoms in total. The van der Waals surface area contributed by atoms with Gasteiger partial charge in [0, 0.05) is 11.1 Å². The first kappa shape index (κ1) is 26.5. The van der Waals surface area contributed by atoms with E-state index in [1.54, 1.807) is 31.4 Å². The molecule has 1 atom stereocenters. The number of esters is 1. The van der Waals surface area contributed by atoms with E-state index in [0.717, 1.165) is 5.56 Å². The maximum absolute atomic E-state index is 13.9. The molecule has 0 bridgehead atoms. The Morgan fingerprint density at radius 3 is 2.50 bits per heavy atom.